The maximum Gasteiger partial charge on any atom is 0.266 e. The van der Waals surface area contributed by atoms with Crippen molar-refractivity contribution in [2.75, 3.05) is 31.2 Å². The molecule has 12 heteroatoms. The predicted octanol–water partition coefficient (Wildman–Crippen LogP) is 2.63. The number of benzene rings is 1. The fourth-order valence-electron chi connectivity index (χ4n) is 4.44. The average molecular weight is 527 g/mol. The predicted molar refractivity (Wildman–Crippen MR) is 134 cm³/mol. The third kappa shape index (κ3) is 5.51. The molecule has 5 rings (SSSR count). The van der Waals surface area contributed by atoms with Crippen molar-refractivity contribution in [1.29, 1.82) is 0 Å². The van der Waals surface area contributed by atoms with Gasteiger partial charge in [-0.25, -0.2) is 9.37 Å². The minimum absolute atomic E-state index is 0.0836. The molecule has 10 nitrogen and oxygen atoms in total. The lowest BCUT2D eigenvalue weighted by Gasteiger charge is -2.28. The molecule has 1 aromatic carbocycles. The van der Waals surface area contributed by atoms with E-state index in [0.29, 0.717) is 59.6 Å². The number of halogens is 1. The fraction of sp³-hybridized carbons (Fsp3) is 0.280. The number of phosphoric ester groups is 1. The summed E-state index contributed by atoms with van der Waals surface area (Å²) >= 11 is 0. The van der Waals surface area contributed by atoms with Gasteiger partial charge in [-0.3, -0.25) is 13.9 Å². The summed E-state index contributed by atoms with van der Waals surface area (Å²) < 4.78 is 38.6. The Kier molecular flexibility index (Phi) is 6.98. The smallest absolute Gasteiger partial charge is 0.266 e. The van der Waals surface area contributed by atoms with Crippen LogP contribution in [0.4, 0.5) is 10.1 Å². The summed E-state index contributed by atoms with van der Waals surface area (Å²) in [5.41, 5.74) is 3.07. The molecule has 1 atom stereocenters. The van der Waals surface area contributed by atoms with Crippen molar-refractivity contribution in [2.24, 2.45) is 0 Å². The first-order valence-corrected chi connectivity index (χ1v) is 13.1. The van der Waals surface area contributed by atoms with Crippen LogP contribution >= 0.6 is 7.82 Å². The first kappa shape index (κ1) is 25.3. The van der Waals surface area contributed by atoms with Crippen molar-refractivity contribution in [1.82, 2.24) is 14.1 Å². The number of hydrogen-bond donors (Lipinski definition) is 1. The van der Waals surface area contributed by atoms with E-state index < -0.39 is 14.6 Å². The van der Waals surface area contributed by atoms with E-state index in [4.69, 9.17) is 9.63 Å². The van der Waals surface area contributed by atoms with Crippen LogP contribution in [-0.4, -0.2) is 45.3 Å². The summed E-state index contributed by atoms with van der Waals surface area (Å²) in [7, 11) is -4.96. The molecule has 1 unspecified atom stereocenters. The van der Waals surface area contributed by atoms with Crippen molar-refractivity contribution in [2.45, 2.75) is 20.2 Å². The van der Waals surface area contributed by atoms with E-state index in [1.54, 1.807) is 49.8 Å². The van der Waals surface area contributed by atoms with Gasteiger partial charge in [0.25, 0.3) is 13.4 Å². The molecular weight excluding hydrogens is 502 g/mol. The maximum atomic E-state index is 14.5. The maximum absolute atomic E-state index is 14.5. The highest BCUT2D eigenvalue weighted by Crippen LogP contribution is 2.35. The number of morpholine rings is 1. The van der Waals surface area contributed by atoms with Crippen LogP contribution in [-0.2, 0) is 27.1 Å². The van der Waals surface area contributed by atoms with Crippen LogP contribution in [0.5, 0.6) is 0 Å². The number of aryl methyl sites for hydroxylation is 1. The van der Waals surface area contributed by atoms with E-state index in [-0.39, 0.29) is 17.9 Å². The normalized spacial score (nSPS) is 15.7. The molecule has 4 heterocycles. The van der Waals surface area contributed by atoms with E-state index >= 15 is 0 Å². The topological polar surface area (TPSA) is 122 Å². The van der Waals surface area contributed by atoms with Gasteiger partial charge in [-0.2, -0.15) is 0 Å². The van der Waals surface area contributed by atoms with Crippen LogP contribution in [0.3, 0.4) is 0 Å². The first-order chi connectivity index (χ1) is 17.7. The highest BCUT2D eigenvalue weighted by molar-refractivity contribution is 7.44. The van der Waals surface area contributed by atoms with Gasteiger partial charge in [0.1, 0.15) is 18.2 Å². The summed E-state index contributed by atoms with van der Waals surface area (Å²) in [6.07, 6.45) is 4.89. The molecule has 1 saturated heterocycles. The van der Waals surface area contributed by atoms with Gasteiger partial charge in [-0.1, -0.05) is 18.2 Å². The molecule has 194 valence electrons. The Morgan fingerprint density at radius 1 is 1.22 bits per heavy atom. The Bertz CT molecular complexity index is 1560. The molecule has 0 saturated carbocycles. The van der Waals surface area contributed by atoms with Gasteiger partial charge in [-0.05, 0) is 30.2 Å². The Hall–Kier alpha value is -3.34. The summed E-state index contributed by atoms with van der Waals surface area (Å²) in [6, 6.07) is 10.2. The standard InChI is InChI=1S/C25H26FN4O6P/c1-17-3-2-4-19(24(17)26)14-29-6-5-18(11-23(29)31)22-15-30(16-36-37(32,33)34)25-21(22)12-20(13-27-25)28-7-9-35-10-8-28/h2-6,11-13,15H,7-10,14,16H2,1H3,(H2,32,33,34)/p-1. The van der Waals surface area contributed by atoms with Gasteiger partial charge in [0.15, 0.2) is 0 Å². The van der Waals surface area contributed by atoms with Gasteiger partial charge in [0, 0.05) is 48.1 Å². The van der Waals surface area contributed by atoms with Crippen molar-refractivity contribution in [3.05, 3.63) is 82.3 Å². The number of ether oxygens (including phenoxy) is 1. The second-order valence-corrected chi connectivity index (χ2v) is 10.0. The Morgan fingerprint density at radius 3 is 2.73 bits per heavy atom. The Morgan fingerprint density at radius 2 is 2.00 bits per heavy atom. The van der Waals surface area contributed by atoms with E-state index in [9.17, 15) is 18.6 Å². The molecule has 0 spiro atoms. The van der Waals surface area contributed by atoms with Crippen LogP contribution in [0.25, 0.3) is 22.2 Å². The minimum Gasteiger partial charge on any atom is -0.756 e. The molecule has 0 bridgehead atoms. The number of aromatic nitrogens is 3. The summed E-state index contributed by atoms with van der Waals surface area (Å²) in [5, 5.41) is 0.674. The second-order valence-electron chi connectivity index (χ2n) is 8.83. The monoisotopic (exact) mass is 527 g/mol. The van der Waals surface area contributed by atoms with E-state index in [2.05, 4.69) is 14.4 Å². The number of hydrogen-bond acceptors (Lipinski definition) is 7. The minimum atomic E-state index is -4.96. The van der Waals surface area contributed by atoms with Gasteiger partial charge >= 0.3 is 0 Å². The van der Waals surface area contributed by atoms with Gasteiger partial charge in [0.2, 0.25) is 0 Å². The third-order valence-corrected chi connectivity index (χ3v) is 6.80. The zero-order valence-corrected chi connectivity index (χ0v) is 20.9. The van der Waals surface area contributed by atoms with Crippen LogP contribution < -0.4 is 15.4 Å². The molecule has 1 fully saturated rings. The summed E-state index contributed by atoms with van der Waals surface area (Å²) in [4.78, 5) is 39.9. The van der Waals surface area contributed by atoms with Crippen LogP contribution in [0, 0.1) is 12.7 Å². The molecule has 4 aromatic rings. The average Bonchev–Trinajstić information content (AvgIpc) is 3.25. The number of rotatable bonds is 7. The Labute approximate surface area is 211 Å². The zero-order chi connectivity index (χ0) is 26.2. The van der Waals surface area contributed by atoms with Crippen LogP contribution in [0.2, 0.25) is 0 Å². The highest BCUT2D eigenvalue weighted by atomic mass is 31.2. The third-order valence-electron chi connectivity index (χ3n) is 6.36. The molecule has 1 aliphatic heterocycles. The lowest BCUT2D eigenvalue weighted by molar-refractivity contribution is -0.222. The fourth-order valence-corrected chi connectivity index (χ4v) is 4.71. The number of phosphoric acid groups is 1. The molecule has 3 aromatic heterocycles. The number of fused-ring (bicyclic) bond motifs is 1. The van der Waals surface area contributed by atoms with Crippen molar-refractivity contribution in [3.63, 3.8) is 0 Å². The van der Waals surface area contributed by atoms with Crippen molar-refractivity contribution < 1.29 is 28.0 Å². The van der Waals surface area contributed by atoms with E-state index in [1.165, 1.54) is 15.2 Å². The quantitative estimate of drug-likeness (QED) is 0.364. The zero-order valence-electron chi connectivity index (χ0n) is 20.0. The molecule has 1 N–H and O–H groups in total. The Balaban J connectivity index is 1.54. The van der Waals surface area contributed by atoms with Crippen molar-refractivity contribution in [3.8, 4) is 11.1 Å². The molecule has 0 amide bonds. The molecule has 0 aliphatic carbocycles. The lowest BCUT2D eigenvalue weighted by atomic mass is 10.1. The number of nitrogens with zero attached hydrogens (tertiary/aromatic N) is 4. The molecule has 1 aliphatic rings. The molecule has 37 heavy (non-hydrogen) atoms. The van der Waals surface area contributed by atoms with Gasteiger partial charge in [-0.15, -0.1) is 0 Å². The second kappa shape index (κ2) is 10.2. The summed E-state index contributed by atoms with van der Waals surface area (Å²) in [6.45, 7) is 3.85. The van der Waals surface area contributed by atoms with E-state index in [1.807, 2.05) is 6.07 Å². The lowest BCUT2D eigenvalue weighted by Crippen LogP contribution is -2.36. The van der Waals surface area contributed by atoms with Crippen molar-refractivity contribution >= 4 is 24.5 Å². The van der Waals surface area contributed by atoms with E-state index in [0.717, 1.165) is 5.69 Å². The SMILES string of the molecule is Cc1cccc(Cn2ccc(-c3cn(COP(=O)([O-])O)c4ncc(N5CCOCC5)cc34)cc2=O)c1F. The van der Waals surface area contributed by atoms with Crippen LogP contribution in [0.1, 0.15) is 11.1 Å². The largest absolute Gasteiger partial charge is 0.756 e. The summed E-state index contributed by atoms with van der Waals surface area (Å²) in [5.74, 6) is -0.345. The van der Waals surface area contributed by atoms with Gasteiger partial charge in [0.05, 0.1) is 31.6 Å². The molecule has 0 radical (unpaired) electrons. The first-order valence-electron chi connectivity index (χ1n) is 11.6. The molecular formula is C25H25FN4O6P-. The van der Waals surface area contributed by atoms with Gasteiger partial charge < -0.3 is 28.6 Å². The van der Waals surface area contributed by atoms with Crippen LogP contribution in [0.15, 0.2) is 59.8 Å². The number of pyridine rings is 2. The number of anilines is 1. The highest BCUT2D eigenvalue weighted by Gasteiger charge is 2.18.